The van der Waals surface area contributed by atoms with Crippen LogP contribution >= 0.6 is 0 Å². The van der Waals surface area contributed by atoms with E-state index in [0.717, 1.165) is 25.8 Å². The zero-order chi connectivity index (χ0) is 14.8. The Morgan fingerprint density at radius 3 is 2.95 bits per heavy atom. The predicted molar refractivity (Wildman–Crippen MR) is 72.4 cm³/mol. The second kappa shape index (κ2) is 5.80. The lowest BCUT2D eigenvalue weighted by molar-refractivity contribution is -0.124. The highest BCUT2D eigenvalue weighted by molar-refractivity contribution is 5.95. The molecular weight excluding hydrogens is 274 g/mol. The number of hydrogen-bond acceptors (Lipinski definition) is 6. The van der Waals surface area contributed by atoms with Crippen molar-refractivity contribution in [3.8, 4) is 0 Å². The molecule has 0 saturated carbocycles. The molecule has 2 unspecified atom stereocenters. The number of hydrogen-bond donors (Lipinski definition) is 2. The molecule has 21 heavy (non-hydrogen) atoms. The molecule has 2 N–H and O–H groups in total. The average molecular weight is 293 g/mol. The summed E-state index contributed by atoms with van der Waals surface area (Å²) in [6.07, 6.45) is 3.46. The van der Waals surface area contributed by atoms with Crippen LogP contribution in [0.15, 0.2) is 4.52 Å². The molecule has 1 aromatic rings. The van der Waals surface area contributed by atoms with E-state index in [1.165, 1.54) is 4.90 Å². The molecule has 8 heteroatoms. The predicted octanol–water partition coefficient (Wildman–Crippen LogP) is -0.155. The van der Waals surface area contributed by atoms with E-state index in [0.29, 0.717) is 18.9 Å². The number of amides is 2. The Morgan fingerprint density at radius 2 is 2.24 bits per heavy atom. The fraction of sp³-hybridized carbons (Fsp3) is 0.692. The summed E-state index contributed by atoms with van der Waals surface area (Å²) < 4.78 is 5.18. The third-order valence-electron chi connectivity index (χ3n) is 4.05. The zero-order valence-corrected chi connectivity index (χ0v) is 12.0. The summed E-state index contributed by atoms with van der Waals surface area (Å²) in [4.78, 5) is 30.0. The minimum Gasteiger partial charge on any atom is -0.357 e. The first-order valence-corrected chi connectivity index (χ1v) is 7.30. The molecule has 114 valence electrons. The molecule has 0 aliphatic carbocycles. The lowest BCUT2D eigenvalue weighted by Gasteiger charge is -2.21. The van der Waals surface area contributed by atoms with Gasteiger partial charge in [0.15, 0.2) is 0 Å². The summed E-state index contributed by atoms with van der Waals surface area (Å²) in [5, 5.41) is 9.61. The Hall–Kier alpha value is -1.96. The van der Waals surface area contributed by atoms with Gasteiger partial charge in [-0.2, -0.15) is 4.98 Å². The Balaban J connectivity index is 1.74. The van der Waals surface area contributed by atoms with E-state index in [1.807, 2.05) is 0 Å². The van der Waals surface area contributed by atoms with Gasteiger partial charge in [-0.25, -0.2) is 0 Å². The zero-order valence-electron chi connectivity index (χ0n) is 12.0. The first-order valence-electron chi connectivity index (χ1n) is 7.30. The topological polar surface area (TPSA) is 100 Å². The number of aromatic nitrogens is 2. The van der Waals surface area contributed by atoms with Gasteiger partial charge in [0.1, 0.15) is 6.04 Å². The lowest BCUT2D eigenvalue weighted by atomic mass is 10.2. The Bertz CT molecular complexity index is 538. The van der Waals surface area contributed by atoms with Crippen LogP contribution in [0.5, 0.6) is 0 Å². The minimum atomic E-state index is -0.436. The molecule has 2 amide bonds. The van der Waals surface area contributed by atoms with E-state index in [4.69, 9.17) is 4.52 Å². The highest BCUT2D eigenvalue weighted by Crippen LogP contribution is 2.23. The monoisotopic (exact) mass is 293 g/mol. The van der Waals surface area contributed by atoms with Crippen LogP contribution in [-0.4, -0.2) is 53.0 Å². The van der Waals surface area contributed by atoms with Crippen molar-refractivity contribution >= 4 is 11.8 Å². The van der Waals surface area contributed by atoms with Crippen LogP contribution in [-0.2, 0) is 4.79 Å². The van der Waals surface area contributed by atoms with Crippen molar-refractivity contribution in [1.29, 1.82) is 0 Å². The molecule has 2 aliphatic rings. The fourth-order valence-electron chi connectivity index (χ4n) is 2.94. The molecule has 3 rings (SSSR count). The van der Waals surface area contributed by atoms with Crippen LogP contribution in [0, 0.1) is 0 Å². The molecule has 2 fully saturated rings. The number of carbonyl (C=O) groups excluding carboxylic acids is 2. The van der Waals surface area contributed by atoms with Crippen LogP contribution in [0.4, 0.5) is 0 Å². The smallest absolute Gasteiger partial charge is 0.295 e. The van der Waals surface area contributed by atoms with E-state index in [2.05, 4.69) is 20.8 Å². The van der Waals surface area contributed by atoms with Gasteiger partial charge < -0.3 is 20.1 Å². The summed E-state index contributed by atoms with van der Waals surface area (Å²) in [5.74, 6) is -0.00262. The summed E-state index contributed by atoms with van der Waals surface area (Å²) in [6, 6.07) is -0.401. The van der Waals surface area contributed by atoms with Crippen molar-refractivity contribution in [2.24, 2.45) is 0 Å². The van der Waals surface area contributed by atoms with Crippen molar-refractivity contribution in [2.75, 3.05) is 20.1 Å². The van der Waals surface area contributed by atoms with Crippen LogP contribution < -0.4 is 10.6 Å². The molecule has 2 atom stereocenters. The van der Waals surface area contributed by atoms with Gasteiger partial charge in [0.2, 0.25) is 11.8 Å². The molecule has 0 aromatic carbocycles. The third kappa shape index (κ3) is 2.63. The Kier molecular flexibility index (Phi) is 3.87. The highest BCUT2D eigenvalue weighted by atomic mass is 16.5. The Morgan fingerprint density at radius 1 is 1.38 bits per heavy atom. The lowest BCUT2D eigenvalue weighted by Crippen LogP contribution is -2.45. The molecule has 0 bridgehead atoms. The van der Waals surface area contributed by atoms with E-state index in [-0.39, 0.29) is 23.7 Å². The van der Waals surface area contributed by atoms with Crippen LogP contribution in [0.3, 0.4) is 0 Å². The van der Waals surface area contributed by atoms with E-state index in [1.54, 1.807) is 7.05 Å². The first-order chi connectivity index (χ1) is 10.2. The molecule has 3 heterocycles. The maximum absolute atomic E-state index is 12.4. The van der Waals surface area contributed by atoms with Crippen molar-refractivity contribution in [1.82, 2.24) is 25.7 Å². The summed E-state index contributed by atoms with van der Waals surface area (Å²) in [7, 11) is 1.57. The number of carbonyl (C=O) groups is 2. The van der Waals surface area contributed by atoms with Crippen LogP contribution in [0.25, 0.3) is 0 Å². The maximum atomic E-state index is 12.4. The van der Waals surface area contributed by atoms with Gasteiger partial charge in [-0.05, 0) is 32.2 Å². The average Bonchev–Trinajstić information content (AvgIpc) is 3.25. The van der Waals surface area contributed by atoms with Gasteiger partial charge in [0.25, 0.3) is 11.7 Å². The second-order valence-electron chi connectivity index (χ2n) is 5.38. The van der Waals surface area contributed by atoms with Gasteiger partial charge >= 0.3 is 0 Å². The molecule has 1 aromatic heterocycles. The van der Waals surface area contributed by atoms with Crippen molar-refractivity contribution in [3.63, 3.8) is 0 Å². The minimum absolute atomic E-state index is 0.0346. The molecule has 0 radical (unpaired) electrons. The number of likely N-dealkylation sites (tertiary alicyclic amines) is 1. The maximum Gasteiger partial charge on any atom is 0.295 e. The van der Waals surface area contributed by atoms with Gasteiger partial charge in [-0.3, -0.25) is 9.59 Å². The van der Waals surface area contributed by atoms with E-state index in [9.17, 15) is 9.59 Å². The summed E-state index contributed by atoms with van der Waals surface area (Å²) in [6.45, 7) is 1.46. The Labute approximate surface area is 122 Å². The van der Waals surface area contributed by atoms with Crippen molar-refractivity contribution in [3.05, 3.63) is 11.7 Å². The second-order valence-corrected chi connectivity index (χ2v) is 5.38. The van der Waals surface area contributed by atoms with Crippen molar-refractivity contribution < 1.29 is 14.1 Å². The van der Waals surface area contributed by atoms with Gasteiger partial charge in [0, 0.05) is 13.6 Å². The molecule has 2 saturated heterocycles. The molecular formula is C13H19N5O3. The molecule has 2 aliphatic heterocycles. The SMILES string of the molecule is CNC(=O)C1CCCN1C(=O)c1noc(C2CCCN2)n1. The van der Waals surface area contributed by atoms with Gasteiger partial charge in [0.05, 0.1) is 6.04 Å². The third-order valence-corrected chi connectivity index (χ3v) is 4.05. The normalized spacial score (nSPS) is 25.3. The number of likely N-dealkylation sites (N-methyl/N-ethyl adjacent to an activating group) is 1. The standard InChI is InChI=1S/C13H19N5O3/c1-14-11(19)9-5-3-7-18(9)13(20)10-16-12(21-17-10)8-4-2-6-15-8/h8-9,15H,2-7H2,1H3,(H,14,19). The first kappa shape index (κ1) is 14.0. The van der Waals surface area contributed by atoms with E-state index >= 15 is 0 Å². The quantitative estimate of drug-likeness (QED) is 0.803. The van der Waals surface area contributed by atoms with Crippen molar-refractivity contribution in [2.45, 2.75) is 37.8 Å². The molecule has 8 nitrogen and oxygen atoms in total. The van der Waals surface area contributed by atoms with E-state index < -0.39 is 6.04 Å². The molecule has 0 spiro atoms. The number of nitrogens with zero attached hydrogens (tertiary/aromatic N) is 3. The summed E-state index contributed by atoms with van der Waals surface area (Å²) >= 11 is 0. The largest absolute Gasteiger partial charge is 0.357 e. The van der Waals surface area contributed by atoms with Crippen LogP contribution in [0.2, 0.25) is 0 Å². The number of rotatable bonds is 3. The number of nitrogens with one attached hydrogen (secondary N) is 2. The van der Waals surface area contributed by atoms with Gasteiger partial charge in [-0.1, -0.05) is 5.16 Å². The highest BCUT2D eigenvalue weighted by Gasteiger charge is 2.36. The van der Waals surface area contributed by atoms with Crippen LogP contribution in [0.1, 0.15) is 48.2 Å². The van der Waals surface area contributed by atoms with Gasteiger partial charge in [-0.15, -0.1) is 0 Å². The fourth-order valence-corrected chi connectivity index (χ4v) is 2.94. The summed E-state index contributed by atoms with van der Waals surface area (Å²) in [5.41, 5.74) is 0.